The van der Waals surface area contributed by atoms with Crippen LogP contribution in [-0.2, 0) is 0 Å². The number of nitrogens with zero attached hydrogens (tertiary/aromatic N) is 1. The normalized spacial score (nSPS) is 35.5. The van der Waals surface area contributed by atoms with Crippen molar-refractivity contribution in [2.45, 2.75) is 83.1 Å². The lowest BCUT2D eigenvalue weighted by atomic mass is 9.76. The van der Waals surface area contributed by atoms with Crippen molar-refractivity contribution in [2.24, 2.45) is 5.41 Å². The van der Waals surface area contributed by atoms with Crippen LogP contribution in [0, 0.1) is 5.41 Å². The average Bonchev–Trinajstić information content (AvgIpc) is 3.05. The third-order valence-corrected chi connectivity index (χ3v) is 10.1. The molecule has 3 rings (SSSR count). The van der Waals surface area contributed by atoms with Crippen molar-refractivity contribution >= 4 is 8.24 Å². The largest absolute Gasteiger partial charge is 0.332 e. The van der Waals surface area contributed by atoms with E-state index < -0.39 is 8.24 Å². The fraction of sp³-hybridized carbons (Fsp3) is 0.800. The van der Waals surface area contributed by atoms with Crippen LogP contribution >= 0.6 is 0 Å². The summed E-state index contributed by atoms with van der Waals surface area (Å²) in [5.74, 6) is 0. The average molecular weight is 333 g/mol. The Hall–Kier alpha value is -0.383. The minimum atomic E-state index is -1.44. The summed E-state index contributed by atoms with van der Waals surface area (Å²) in [6.45, 7) is 14.8. The lowest BCUT2D eigenvalue weighted by Crippen LogP contribution is -2.56. The van der Waals surface area contributed by atoms with Gasteiger partial charge in [0, 0.05) is 17.0 Å². The van der Waals surface area contributed by atoms with Crippen LogP contribution < -0.4 is 4.98 Å². The molecular weight excluding hydrogens is 296 g/mol. The first-order chi connectivity index (χ1) is 10.7. The van der Waals surface area contributed by atoms with Gasteiger partial charge in [0.05, 0.1) is 0 Å². The highest BCUT2D eigenvalue weighted by Crippen LogP contribution is 2.55. The summed E-state index contributed by atoms with van der Waals surface area (Å²) in [6, 6.07) is 0.768. The molecule has 0 bridgehead atoms. The minimum Gasteiger partial charge on any atom is -0.332 e. The van der Waals surface area contributed by atoms with E-state index in [1.807, 2.05) is 0 Å². The number of hydrogen-bond acceptors (Lipinski definition) is 2. The van der Waals surface area contributed by atoms with Crippen molar-refractivity contribution in [3.8, 4) is 0 Å². The van der Waals surface area contributed by atoms with E-state index in [2.05, 4.69) is 68.1 Å². The van der Waals surface area contributed by atoms with Gasteiger partial charge in [0.15, 0.2) is 0 Å². The van der Waals surface area contributed by atoms with Gasteiger partial charge >= 0.3 is 0 Å². The predicted octanol–water partition coefficient (Wildman–Crippen LogP) is 4.71. The summed E-state index contributed by atoms with van der Waals surface area (Å²) in [4.78, 5) is 6.87. The molecule has 2 fully saturated rings. The third-order valence-electron chi connectivity index (χ3n) is 6.27. The summed E-state index contributed by atoms with van der Waals surface area (Å²) < 4.78 is 0. The Bertz CT molecular complexity index is 482. The number of rotatable bonds is 3. The molecule has 1 saturated heterocycles. The van der Waals surface area contributed by atoms with Crippen LogP contribution in [0.3, 0.4) is 0 Å². The zero-order valence-corrected chi connectivity index (χ0v) is 16.9. The van der Waals surface area contributed by atoms with E-state index in [0.29, 0.717) is 5.41 Å². The fourth-order valence-electron chi connectivity index (χ4n) is 5.45. The van der Waals surface area contributed by atoms with E-state index >= 15 is 0 Å². The first-order valence-electron chi connectivity index (χ1n) is 9.60. The Kier molecular flexibility index (Phi) is 4.67. The molecule has 2 nitrogen and oxygen atoms in total. The smallest absolute Gasteiger partial charge is 0.123 e. The molecule has 1 N–H and O–H groups in total. The molecule has 23 heavy (non-hydrogen) atoms. The molecule has 2 aliphatic carbocycles. The molecule has 0 aromatic rings. The van der Waals surface area contributed by atoms with Crippen molar-refractivity contribution in [3.63, 3.8) is 0 Å². The number of nitrogens with one attached hydrogen (secondary N) is 1. The Balaban J connectivity index is 1.82. The molecular formula is C20H36N2Si. The highest BCUT2D eigenvalue weighted by Gasteiger charge is 2.52. The van der Waals surface area contributed by atoms with Gasteiger partial charge in [0.2, 0.25) is 0 Å². The molecule has 3 heteroatoms. The van der Waals surface area contributed by atoms with Crippen molar-refractivity contribution in [1.82, 2.24) is 9.88 Å². The van der Waals surface area contributed by atoms with Gasteiger partial charge in [0.1, 0.15) is 8.24 Å². The standard InChI is InChI=1S/C20H36N2Si/c1-19(2,3)21-23(4,5)17-15-18(22-13-9-10-14-22)20(16-17)11-7-6-8-12-20/h6-8,11,17-18,21H,9-10,12-16H2,1-5H3. The van der Waals surface area contributed by atoms with E-state index in [9.17, 15) is 0 Å². The second-order valence-electron chi connectivity index (χ2n) is 9.72. The van der Waals surface area contributed by atoms with Crippen LogP contribution in [0.2, 0.25) is 18.6 Å². The first-order valence-corrected chi connectivity index (χ1v) is 12.7. The van der Waals surface area contributed by atoms with Crippen LogP contribution in [0.5, 0.6) is 0 Å². The monoisotopic (exact) mass is 332 g/mol. The SMILES string of the molecule is CC(C)(C)N[Si](C)(C)C1CC(N2CCCC2)C2(C=CC=CC2)C1. The number of allylic oxidation sites excluding steroid dienone is 3. The Labute approximate surface area is 144 Å². The quantitative estimate of drug-likeness (QED) is 0.753. The number of likely N-dealkylation sites (tertiary alicyclic amines) is 1. The van der Waals surface area contributed by atoms with Crippen LogP contribution in [0.4, 0.5) is 0 Å². The second kappa shape index (κ2) is 6.16. The second-order valence-corrected chi connectivity index (χ2v) is 14.2. The van der Waals surface area contributed by atoms with Gasteiger partial charge in [-0.2, -0.15) is 0 Å². The minimum absolute atomic E-state index is 0.233. The lowest BCUT2D eigenvalue weighted by Gasteiger charge is -2.39. The Morgan fingerprint density at radius 1 is 1.13 bits per heavy atom. The molecule has 1 heterocycles. The maximum absolute atomic E-state index is 4.05. The van der Waals surface area contributed by atoms with E-state index in [4.69, 9.17) is 0 Å². The van der Waals surface area contributed by atoms with E-state index in [1.54, 1.807) is 0 Å². The van der Waals surface area contributed by atoms with Gasteiger partial charge in [-0.25, -0.2) is 0 Å². The van der Waals surface area contributed by atoms with E-state index in [-0.39, 0.29) is 5.54 Å². The maximum atomic E-state index is 4.05. The van der Waals surface area contributed by atoms with Gasteiger partial charge in [-0.15, -0.1) is 0 Å². The zero-order valence-electron chi connectivity index (χ0n) is 15.9. The highest BCUT2D eigenvalue weighted by molar-refractivity contribution is 6.76. The van der Waals surface area contributed by atoms with Gasteiger partial charge in [-0.05, 0) is 71.5 Å². The van der Waals surface area contributed by atoms with Gasteiger partial charge in [0.25, 0.3) is 0 Å². The summed E-state index contributed by atoms with van der Waals surface area (Å²) in [5, 5.41) is 0. The summed E-state index contributed by atoms with van der Waals surface area (Å²) in [7, 11) is -1.44. The Morgan fingerprint density at radius 2 is 1.83 bits per heavy atom. The van der Waals surface area contributed by atoms with Crippen LogP contribution in [0.1, 0.15) is 52.9 Å². The van der Waals surface area contributed by atoms with Crippen molar-refractivity contribution in [2.75, 3.05) is 13.1 Å². The number of hydrogen-bond donors (Lipinski definition) is 1. The van der Waals surface area contributed by atoms with Gasteiger partial charge < -0.3 is 4.98 Å². The molecule has 3 unspecified atom stereocenters. The molecule has 0 aromatic heterocycles. The molecule has 0 amide bonds. The van der Waals surface area contributed by atoms with Crippen LogP contribution in [0.15, 0.2) is 24.3 Å². The van der Waals surface area contributed by atoms with Crippen molar-refractivity contribution in [1.29, 1.82) is 0 Å². The summed E-state index contributed by atoms with van der Waals surface area (Å²) in [6.07, 6.45) is 16.4. The molecule has 3 aliphatic rings. The summed E-state index contributed by atoms with van der Waals surface area (Å²) in [5.41, 5.74) is 1.52. The first kappa shape index (κ1) is 17.4. The van der Waals surface area contributed by atoms with Crippen LogP contribution in [0.25, 0.3) is 0 Å². The van der Waals surface area contributed by atoms with E-state index in [0.717, 1.165) is 11.6 Å². The van der Waals surface area contributed by atoms with E-state index in [1.165, 1.54) is 45.2 Å². The molecule has 1 aliphatic heterocycles. The fourth-order valence-corrected chi connectivity index (χ4v) is 9.29. The Morgan fingerprint density at radius 3 is 2.39 bits per heavy atom. The molecule has 1 saturated carbocycles. The molecule has 0 aromatic carbocycles. The maximum Gasteiger partial charge on any atom is 0.123 e. The van der Waals surface area contributed by atoms with Crippen molar-refractivity contribution < 1.29 is 0 Å². The molecule has 130 valence electrons. The summed E-state index contributed by atoms with van der Waals surface area (Å²) >= 11 is 0. The van der Waals surface area contributed by atoms with Crippen LogP contribution in [-0.4, -0.2) is 37.8 Å². The predicted molar refractivity (Wildman–Crippen MR) is 103 cm³/mol. The topological polar surface area (TPSA) is 15.3 Å². The van der Waals surface area contributed by atoms with Gasteiger partial charge in [-0.1, -0.05) is 37.4 Å². The zero-order chi connectivity index (χ0) is 16.7. The molecule has 3 atom stereocenters. The highest BCUT2D eigenvalue weighted by atomic mass is 28.3. The lowest BCUT2D eigenvalue weighted by molar-refractivity contribution is 0.148. The third kappa shape index (κ3) is 3.67. The van der Waals surface area contributed by atoms with Crippen molar-refractivity contribution in [3.05, 3.63) is 24.3 Å². The molecule has 1 spiro atoms. The van der Waals surface area contributed by atoms with Gasteiger partial charge in [-0.3, -0.25) is 4.90 Å². The molecule has 0 radical (unpaired) electrons.